The van der Waals surface area contributed by atoms with E-state index in [9.17, 15) is 9.90 Å². The van der Waals surface area contributed by atoms with Gasteiger partial charge in [0.05, 0.1) is 12.1 Å². The number of hydrogen-bond acceptors (Lipinski definition) is 4. The number of rotatable bonds is 3. The van der Waals surface area contributed by atoms with Gasteiger partial charge in [-0.15, -0.1) is 0 Å². The Labute approximate surface area is 109 Å². The molecule has 0 radical (unpaired) electrons. The van der Waals surface area contributed by atoms with E-state index < -0.39 is 17.2 Å². The lowest BCUT2D eigenvalue weighted by atomic mass is 9.81. The minimum atomic E-state index is -0.647. The molecule has 0 saturated carbocycles. The molecule has 0 aromatic heterocycles. The zero-order chi connectivity index (χ0) is 13.8. The number of alkyl carbamates (subject to hydrolysis) is 1. The molecule has 5 nitrogen and oxygen atoms in total. The maximum Gasteiger partial charge on any atom is 0.408 e. The van der Waals surface area contributed by atoms with Crippen LogP contribution in [-0.2, 0) is 9.47 Å². The molecular weight excluding hydrogens is 234 g/mol. The second-order valence-electron chi connectivity index (χ2n) is 6.09. The Morgan fingerprint density at radius 3 is 2.33 bits per heavy atom. The van der Waals surface area contributed by atoms with Crippen molar-refractivity contribution < 1.29 is 19.4 Å². The van der Waals surface area contributed by atoms with Gasteiger partial charge in [0.2, 0.25) is 0 Å². The highest BCUT2D eigenvalue weighted by atomic mass is 16.6. The topological polar surface area (TPSA) is 67.8 Å². The van der Waals surface area contributed by atoms with Crippen molar-refractivity contribution in [2.45, 2.75) is 51.7 Å². The van der Waals surface area contributed by atoms with Crippen molar-refractivity contribution in [3.8, 4) is 0 Å². The number of ether oxygens (including phenoxy) is 2. The summed E-state index contributed by atoms with van der Waals surface area (Å²) in [5.74, 6) is 0.212. The van der Waals surface area contributed by atoms with E-state index in [1.807, 2.05) is 27.7 Å². The normalized spacial score (nSPS) is 21.2. The fourth-order valence-electron chi connectivity index (χ4n) is 2.14. The molecule has 0 spiro atoms. The molecule has 1 unspecified atom stereocenters. The van der Waals surface area contributed by atoms with Crippen molar-refractivity contribution in [3.63, 3.8) is 0 Å². The fourth-order valence-corrected chi connectivity index (χ4v) is 2.14. The molecule has 1 amide bonds. The lowest BCUT2D eigenvalue weighted by molar-refractivity contribution is 0.00170. The summed E-state index contributed by atoms with van der Waals surface area (Å²) in [6.07, 6.45) is 1.20. The van der Waals surface area contributed by atoms with E-state index in [2.05, 4.69) is 5.32 Å². The van der Waals surface area contributed by atoms with Crippen molar-refractivity contribution in [3.05, 3.63) is 0 Å². The molecule has 1 rings (SSSR count). The first kappa shape index (κ1) is 15.2. The van der Waals surface area contributed by atoms with Crippen LogP contribution in [0.3, 0.4) is 0 Å². The number of nitrogens with one attached hydrogen (secondary N) is 1. The number of aliphatic hydroxyl groups excluding tert-OH is 1. The predicted octanol–water partition coefficient (Wildman–Crippen LogP) is 1.69. The van der Waals surface area contributed by atoms with Gasteiger partial charge < -0.3 is 19.9 Å². The van der Waals surface area contributed by atoms with Crippen LogP contribution in [0.5, 0.6) is 0 Å². The standard InChI is InChI=1S/C13H25NO4/c1-12(2,3)18-11(16)14-13(4,9-15)10-5-7-17-8-6-10/h10,15H,5-9H2,1-4H3,(H,14,16). The van der Waals surface area contributed by atoms with E-state index in [0.717, 1.165) is 12.8 Å². The quantitative estimate of drug-likeness (QED) is 0.809. The van der Waals surface area contributed by atoms with Gasteiger partial charge in [0.15, 0.2) is 0 Å². The van der Waals surface area contributed by atoms with Crippen LogP contribution in [0.4, 0.5) is 4.79 Å². The SMILES string of the molecule is CC(C)(C)OC(=O)NC(C)(CO)C1CCOCC1. The maximum atomic E-state index is 11.8. The molecule has 1 fully saturated rings. The van der Waals surface area contributed by atoms with Gasteiger partial charge in [0, 0.05) is 13.2 Å². The predicted molar refractivity (Wildman–Crippen MR) is 68.4 cm³/mol. The molecule has 18 heavy (non-hydrogen) atoms. The second kappa shape index (κ2) is 5.89. The summed E-state index contributed by atoms with van der Waals surface area (Å²) in [6.45, 7) is 8.56. The third-order valence-electron chi connectivity index (χ3n) is 3.24. The lowest BCUT2D eigenvalue weighted by Crippen LogP contribution is -2.56. The van der Waals surface area contributed by atoms with Crippen molar-refractivity contribution in [1.29, 1.82) is 0 Å². The van der Waals surface area contributed by atoms with Gasteiger partial charge in [0.25, 0.3) is 0 Å². The van der Waals surface area contributed by atoms with Gasteiger partial charge in [0.1, 0.15) is 5.60 Å². The van der Waals surface area contributed by atoms with Crippen LogP contribution in [-0.4, -0.2) is 42.2 Å². The minimum Gasteiger partial charge on any atom is -0.444 e. The van der Waals surface area contributed by atoms with E-state index in [4.69, 9.17) is 9.47 Å². The fraction of sp³-hybridized carbons (Fsp3) is 0.923. The summed E-state index contributed by atoms with van der Waals surface area (Å²) in [4.78, 5) is 11.8. The first-order valence-electron chi connectivity index (χ1n) is 6.46. The first-order chi connectivity index (χ1) is 8.27. The summed E-state index contributed by atoms with van der Waals surface area (Å²) in [5, 5.41) is 12.4. The van der Waals surface area contributed by atoms with Crippen LogP contribution < -0.4 is 5.32 Å². The van der Waals surface area contributed by atoms with E-state index in [0.29, 0.717) is 13.2 Å². The smallest absolute Gasteiger partial charge is 0.408 e. The molecule has 106 valence electrons. The third-order valence-corrected chi connectivity index (χ3v) is 3.24. The number of aliphatic hydroxyl groups is 1. The molecular formula is C13H25NO4. The Kier molecular flexibility index (Phi) is 4.99. The molecule has 0 aromatic carbocycles. The highest BCUT2D eigenvalue weighted by Gasteiger charge is 2.37. The summed E-state index contributed by atoms with van der Waals surface area (Å²) in [7, 11) is 0. The van der Waals surface area contributed by atoms with E-state index in [1.54, 1.807) is 0 Å². The minimum absolute atomic E-state index is 0.100. The Morgan fingerprint density at radius 2 is 1.89 bits per heavy atom. The van der Waals surface area contributed by atoms with Crippen LogP contribution in [0.25, 0.3) is 0 Å². The van der Waals surface area contributed by atoms with Gasteiger partial charge in [-0.3, -0.25) is 0 Å². The summed E-state index contributed by atoms with van der Waals surface area (Å²) < 4.78 is 10.5. The van der Waals surface area contributed by atoms with Crippen molar-refractivity contribution in [1.82, 2.24) is 5.32 Å². The van der Waals surface area contributed by atoms with Crippen LogP contribution in [0.15, 0.2) is 0 Å². The molecule has 2 N–H and O–H groups in total. The highest BCUT2D eigenvalue weighted by Crippen LogP contribution is 2.27. The molecule has 1 atom stereocenters. The average molecular weight is 259 g/mol. The average Bonchev–Trinajstić information content (AvgIpc) is 2.27. The molecule has 1 heterocycles. The second-order valence-corrected chi connectivity index (χ2v) is 6.09. The summed E-state index contributed by atoms with van der Waals surface area (Å²) in [5.41, 5.74) is -1.18. The van der Waals surface area contributed by atoms with Crippen molar-refractivity contribution in [2.75, 3.05) is 19.8 Å². The van der Waals surface area contributed by atoms with Gasteiger partial charge in [-0.2, -0.15) is 0 Å². The third kappa shape index (κ3) is 4.46. The molecule has 1 aliphatic heterocycles. The molecule has 0 aliphatic carbocycles. The highest BCUT2D eigenvalue weighted by molar-refractivity contribution is 5.68. The zero-order valence-electron chi connectivity index (χ0n) is 11.8. The Balaban J connectivity index is 2.61. The van der Waals surface area contributed by atoms with Crippen molar-refractivity contribution >= 4 is 6.09 Å². The van der Waals surface area contributed by atoms with Crippen LogP contribution in [0.1, 0.15) is 40.5 Å². The van der Waals surface area contributed by atoms with Gasteiger partial charge in [-0.05, 0) is 46.5 Å². The molecule has 1 saturated heterocycles. The molecule has 0 bridgehead atoms. The van der Waals surface area contributed by atoms with Crippen LogP contribution in [0.2, 0.25) is 0 Å². The summed E-state index contributed by atoms with van der Waals surface area (Å²) >= 11 is 0. The van der Waals surface area contributed by atoms with Crippen molar-refractivity contribution in [2.24, 2.45) is 5.92 Å². The van der Waals surface area contributed by atoms with Gasteiger partial charge in [-0.1, -0.05) is 0 Å². The van der Waals surface area contributed by atoms with Crippen LogP contribution in [0, 0.1) is 5.92 Å². The largest absolute Gasteiger partial charge is 0.444 e. The van der Waals surface area contributed by atoms with E-state index in [1.165, 1.54) is 0 Å². The lowest BCUT2D eigenvalue weighted by Gasteiger charge is -2.39. The molecule has 1 aliphatic rings. The number of amides is 1. The van der Waals surface area contributed by atoms with E-state index >= 15 is 0 Å². The monoisotopic (exact) mass is 259 g/mol. The number of hydrogen-bond donors (Lipinski definition) is 2. The Morgan fingerprint density at radius 1 is 1.33 bits per heavy atom. The number of carbonyl (C=O) groups is 1. The zero-order valence-corrected chi connectivity index (χ0v) is 11.8. The van der Waals surface area contributed by atoms with Gasteiger partial charge in [-0.25, -0.2) is 4.79 Å². The van der Waals surface area contributed by atoms with Gasteiger partial charge >= 0.3 is 6.09 Å². The molecule has 0 aromatic rings. The number of carbonyl (C=O) groups excluding carboxylic acids is 1. The maximum absolute atomic E-state index is 11.8. The van der Waals surface area contributed by atoms with Crippen LogP contribution >= 0.6 is 0 Å². The Hall–Kier alpha value is -0.810. The van der Waals surface area contributed by atoms with E-state index in [-0.39, 0.29) is 12.5 Å². The Bertz CT molecular complexity index is 281. The first-order valence-corrected chi connectivity index (χ1v) is 6.46. The molecule has 5 heteroatoms. The summed E-state index contributed by atoms with van der Waals surface area (Å²) in [6, 6.07) is 0.